The number of nitrogens with zero attached hydrogens (tertiary/aromatic N) is 2. The van der Waals surface area contributed by atoms with Crippen molar-refractivity contribution in [1.82, 2.24) is 14.9 Å². The molecule has 23 heavy (non-hydrogen) atoms. The molecule has 6 nitrogen and oxygen atoms in total. The molecular formula is C17H23N3O3. The van der Waals surface area contributed by atoms with E-state index in [9.17, 15) is 9.59 Å². The predicted octanol–water partition coefficient (Wildman–Crippen LogP) is 1.72. The Kier molecular flexibility index (Phi) is 6.29. The Hall–Kier alpha value is -2.21. The summed E-state index contributed by atoms with van der Waals surface area (Å²) in [7, 11) is 0. The molecule has 0 unspecified atom stereocenters. The molecule has 0 atom stereocenters. The number of carbonyl (C=O) groups is 1. The monoisotopic (exact) mass is 317 g/mol. The van der Waals surface area contributed by atoms with Gasteiger partial charge in [0.15, 0.2) is 0 Å². The summed E-state index contributed by atoms with van der Waals surface area (Å²) in [6.45, 7) is 5.50. The highest BCUT2D eigenvalue weighted by Crippen LogP contribution is 2.04. The molecule has 6 heteroatoms. The lowest BCUT2D eigenvalue weighted by atomic mass is 10.2. The van der Waals surface area contributed by atoms with Gasteiger partial charge in [0.2, 0.25) is 5.91 Å². The zero-order valence-electron chi connectivity index (χ0n) is 13.6. The molecule has 1 amide bonds. The summed E-state index contributed by atoms with van der Waals surface area (Å²) in [5.74, 6) is -0.0744. The van der Waals surface area contributed by atoms with Gasteiger partial charge in [-0.15, -0.1) is 0 Å². The van der Waals surface area contributed by atoms with E-state index in [1.54, 1.807) is 12.1 Å². The minimum absolute atomic E-state index is 0.0744. The quantitative estimate of drug-likeness (QED) is 0.752. The summed E-state index contributed by atoms with van der Waals surface area (Å²) in [6, 6.07) is 7.19. The molecular weight excluding hydrogens is 294 g/mol. The molecule has 0 radical (unpaired) electrons. The summed E-state index contributed by atoms with van der Waals surface area (Å²) >= 11 is 0. The predicted molar refractivity (Wildman–Crippen MR) is 89.3 cm³/mol. The van der Waals surface area contributed by atoms with Gasteiger partial charge in [0, 0.05) is 26.1 Å². The number of fused-ring (bicyclic) bond motifs is 1. The summed E-state index contributed by atoms with van der Waals surface area (Å²) in [6.07, 6.45) is 2.74. The largest absolute Gasteiger partial charge is 0.379 e. The molecule has 2 rings (SSSR count). The Morgan fingerprint density at radius 2 is 2.13 bits per heavy atom. The van der Waals surface area contributed by atoms with Gasteiger partial charge in [0.1, 0.15) is 0 Å². The van der Waals surface area contributed by atoms with Gasteiger partial charge in [0.05, 0.1) is 23.3 Å². The van der Waals surface area contributed by atoms with Crippen molar-refractivity contribution in [1.29, 1.82) is 0 Å². The van der Waals surface area contributed by atoms with Crippen LogP contribution in [0.2, 0.25) is 0 Å². The van der Waals surface area contributed by atoms with Crippen LogP contribution in [-0.2, 0) is 16.1 Å². The van der Waals surface area contributed by atoms with Crippen molar-refractivity contribution in [3.05, 3.63) is 40.9 Å². The third-order valence-corrected chi connectivity index (χ3v) is 3.41. The first-order chi connectivity index (χ1) is 11.1. The average Bonchev–Trinajstić information content (AvgIpc) is 2.54. The van der Waals surface area contributed by atoms with Gasteiger partial charge in [0.25, 0.3) is 5.56 Å². The molecule has 0 spiro atoms. The minimum Gasteiger partial charge on any atom is -0.379 e. The van der Waals surface area contributed by atoms with Crippen molar-refractivity contribution in [3.8, 4) is 0 Å². The van der Waals surface area contributed by atoms with E-state index in [1.807, 2.05) is 26.0 Å². The zero-order valence-corrected chi connectivity index (χ0v) is 13.6. The molecule has 1 aromatic carbocycles. The van der Waals surface area contributed by atoms with E-state index in [2.05, 4.69) is 10.3 Å². The van der Waals surface area contributed by atoms with Crippen molar-refractivity contribution < 1.29 is 9.53 Å². The van der Waals surface area contributed by atoms with E-state index >= 15 is 0 Å². The molecule has 0 aliphatic heterocycles. The fourth-order valence-electron chi connectivity index (χ4n) is 2.19. The first-order valence-electron chi connectivity index (χ1n) is 7.90. The molecule has 0 saturated heterocycles. The fourth-order valence-corrected chi connectivity index (χ4v) is 2.19. The standard InChI is InChI=1S/C17H23N3O3/c1-13(2)23-11-5-9-18-16(21)8-10-20-12-19-15-7-4-3-6-14(15)17(20)22/h3-4,6-7,12-13H,5,8-11H2,1-2H3,(H,18,21). The van der Waals surface area contributed by atoms with Crippen LogP contribution in [0.3, 0.4) is 0 Å². The van der Waals surface area contributed by atoms with Crippen LogP contribution in [0.4, 0.5) is 0 Å². The topological polar surface area (TPSA) is 73.2 Å². The number of aryl methyl sites for hydroxylation is 1. The number of ether oxygens (including phenoxy) is 1. The van der Waals surface area contributed by atoms with E-state index in [0.29, 0.717) is 30.6 Å². The normalized spacial score (nSPS) is 11.1. The van der Waals surface area contributed by atoms with Crippen molar-refractivity contribution in [2.75, 3.05) is 13.2 Å². The van der Waals surface area contributed by atoms with Gasteiger partial charge in [-0.3, -0.25) is 14.2 Å². The number of hydrogen-bond acceptors (Lipinski definition) is 4. The number of benzene rings is 1. The maximum atomic E-state index is 12.3. The third kappa shape index (κ3) is 5.17. The number of hydrogen-bond donors (Lipinski definition) is 1. The second kappa shape index (κ2) is 8.43. The van der Waals surface area contributed by atoms with Crippen molar-refractivity contribution in [2.45, 2.75) is 39.3 Å². The van der Waals surface area contributed by atoms with Crippen LogP contribution in [0, 0.1) is 0 Å². The molecule has 0 fully saturated rings. The molecule has 1 aromatic heterocycles. The van der Waals surface area contributed by atoms with Gasteiger partial charge in [-0.25, -0.2) is 4.98 Å². The van der Waals surface area contributed by atoms with Crippen LogP contribution < -0.4 is 10.9 Å². The summed E-state index contributed by atoms with van der Waals surface area (Å²) < 4.78 is 6.88. The molecule has 124 valence electrons. The van der Waals surface area contributed by atoms with Crippen molar-refractivity contribution in [3.63, 3.8) is 0 Å². The molecule has 0 aliphatic rings. The second-order valence-corrected chi connectivity index (χ2v) is 5.63. The number of nitrogens with one attached hydrogen (secondary N) is 1. The highest BCUT2D eigenvalue weighted by molar-refractivity contribution is 5.77. The van der Waals surface area contributed by atoms with E-state index in [0.717, 1.165) is 6.42 Å². The van der Waals surface area contributed by atoms with Crippen molar-refractivity contribution in [2.24, 2.45) is 0 Å². The zero-order chi connectivity index (χ0) is 16.7. The van der Waals surface area contributed by atoms with E-state index in [1.165, 1.54) is 10.9 Å². The lowest BCUT2D eigenvalue weighted by Crippen LogP contribution is -2.28. The Morgan fingerprint density at radius 1 is 1.35 bits per heavy atom. The van der Waals surface area contributed by atoms with Gasteiger partial charge >= 0.3 is 0 Å². The molecule has 1 heterocycles. The third-order valence-electron chi connectivity index (χ3n) is 3.41. The molecule has 0 saturated carbocycles. The van der Waals surface area contributed by atoms with Gasteiger partial charge in [-0.05, 0) is 32.4 Å². The first-order valence-corrected chi connectivity index (χ1v) is 7.90. The summed E-state index contributed by atoms with van der Waals surface area (Å²) in [5, 5.41) is 3.40. The molecule has 0 bridgehead atoms. The van der Waals surface area contributed by atoms with Crippen LogP contribution in [-0.4, -0.2) is 34.7 Å². The Bertz CT molecular complexity index is 710. The Morgan fingerprint density at radius 3 is 2.91 bits per heavy atom. The maximum Gasteiger partial charge on any atom is 0.261 e. The van der Waals surface area contributed by atoms with Crippen LogP contribution in [0.5, 0.6) is 0 Å². The number of rotatable bonds is 8. The summed E-state index contributed by atoms with van der Waals surface area (Å²) in [5.41, 5.74) is 0.553. The van der Waals surface area contributed by atoms with Crippen LogP contribution in [0.15, 0.2) is 35.4 Å². The second-order valence-electron chi connectivity index (χ2n) is 5.63. The molecule has 1 N–H and O–H groups in total. The van der Waals surface area contributed by atoms with Crippen LogP contribution in [0.25, 0.3) is 10.9 Å². The van der Waals surface area contributed by atoms with Crippen molar-refractivity contribution >= 4 is 16.8 Å². The number of aromatic nitrogens is 2. The molecule has 2 aromatic rings. The molecule has 0 aliphatic carbocycles. The van der Waals surface area contributed by atoms with Crippen LogP contribution >= 0.6 is 0 Å². The Labute approximate surface area is 135 Å². The Balaban J connectivity index is 1.80. The maximum absolute atomic E-state index is 12.3. The lowest BCUT2D eigenvalue weighted by molar-refractivity contribution is -0.121. The highest BCUT2D eigenvalue weighted by Gasteiger charge is 2.06. The fraction of sp³-hybridized carbons (Fsp3) is 0.471. The number of carbonyl (C=O) groups excluding carboxylic acids is 1. The smallest absolute Gasteiger partial charge is 0.261 e. The van der Waals surface area contributed by atoms with Gasteiger partial charge in [-0.2, -0.15) is 0 Å². The highest BCUT2D eigenvalue weighted by atomic mass is 16.5. The average molecular weight is 317 g/mol. The SMILES string of the molecule is CC(C)OCCCNC(=O)CCn1cnc2ccccc2c1=O. The van der Waals surface area contributed by atoms with E-state index in [4.69, 9.17) is 4.74 Å². The lowest BCUT2D eigenvalue weighted by Gasteiger charge is -2.09. The number of amides is 1. The first kappa shape index (κ1) is 17.1. The summed E-state index contributed by atoms with van der Waals surface area (Å²) in [4.78, 5) is 28.3. The minimum atomic E-state index is -0.117. The van der Waals surface area contributed by atoms with Gasteiger partial charge in [-0.1, -0.05) is 12.1 Å². The van der Waals surface area contributed by atoms with Crippen LogP contribution in [0.1, 0.15) is 26.7 Å². The van der Waals surface area contributed by atoms with Gasteiger partial charge < -0.3 is 10.1 Å². The number of para-hydroxylation sites is 1. The van der Waals surface area contributed by atoms with E-state index < -0.39 is 0 Å². The van der Waals surface area contributed by atoms with E-state index in [-0.39, 0.29) is 24.0 Å².